The van der Waals surface area contributed by atoms with Crippen LogP contribution in [-0.4, -0.2) is 23.9 Å². The van der Waals surface area contributed by atoms with Crippen LogP contribution in [0.4, 0.5) is 0 Å². The summed E-state index contributed by atoms with van der Waals surface area (Å²) >= 11 is 0. The van der Waals surface area contributed by atoms with Crippen molar-refractivity contribution in [1.82, 2.24) is 10.3 Å². The van der Waals surface area contributed by atoms with Gasteiger partial charge in [0.05, 0.1) is 19.5 Å². The van der Waals surface area contributed by atoms with Gasteiger partial charge in [-0.15, -0.1) is 0 Å². The van der Waals surface area contributed by atoms with Crippen molar-refractivity contribution in [3.8, 4) is 5.88 Å². The lowest BCUT2D eigenvalue weighted by molar-refractivity contribution is 0.258. The van der Waals surface area contributed by atoms with Gasteiger partial charge in [0, 0.05) is 12.6 Å². The summed E-state index contributed by atoms with van der Waals surface area (Å²) in [5, 5.41) is 11.2. The van der Waals surface area contributed by atoms with Gasteiger partial charge in [-0.1, -0.05) is 6.07 Å². The molecule has 0 spiro atoms. The second-order valence-corrected chi connectivity index (χ2v) is 2.26. The first-order valence-corrected chi connectivity index (χ1v) is 3.68. The Morgan fingerprint density at radius 3 is 3.08 bits per heavy atom. The predicted molar refractivity (Wildman–Crippen MR) is 44.7 cm³/mol. The molecule has 0 saturated heterocycles. The maximum absolute atomic E-state index is 8.48. The number of aliphatic hydroxyl groups is 1. The molecule has 0 aliphatic rings. The van der Waals surface area contributed by atoms with Crippen molar-refractivity contribution in [2.24, 2.45) is 0 Å². The fourth-order valence-electron chi connectivity index (χ4n) is 0.854. The number of aliphatic hydroxyl groups excluding tert-OH is 1. The summed E-state index contributed by atoms with van der Waals surface area (Å²) in [7, 11) is 1.57. The minimum Gasteiger partial charge on any atom is -0.481 e. The Morgan fingerprint density at radius 2 is 2.42 bits per heavy atom. The van der Waals surface area contributed by atoms with Crippen molar-refractivity contribution in [1.29, 1.82) is 0 Å². The summed E-state index contributed by atoms with van der Waals surface area (Å²) in [5.74, 6) is 0.590. The number of rotatable bonds is 4. The van der Waals surface area contributed by atoms with Crippen molar-refractivity contribution in [3.63, 3.8) is 0 Å². The van der Waals surface area contributed by atoms with Gasteiger partial charge in [-0.05, 0) is 6.07 Å². The molecule has 1 rings (SSSR count). The first-order valence-electron chi connectivity index (χ1n) is 3.68. The van der Waals surface area contributed by atoms with Crippen molar-refractivity contribution in [2.45, 2.75) is 6.54 Å². The Hall–Kier alpha value is -1.13. The predicted octanol–water partition coefficient (Wildman–Crippen LogP) is 0.130. The monoisotopic (exact) mass is 168 g/mol. The molecular weight excluding hydrogens is 156 g/mol. The van der Waals surface area contributed by atoms with Crippen LogP contribution in [-0.2, 0) is 6.54 Å². The zero-order valence-corrected chi connectivity index (χ0v) is 6.95. The molecule has 0 radical (unpaired) electrons. The molecule has 2 N–H and O–H groups in total. The molecule has 1 heterocycles. The molecule has 12 heavy (non-hydrogen) atoms. The maximum atomic E-state index is 8.48. The van der Waals surface area contributed by atoms with E-state index in [1.54, 1.807) is 13.2 Å². The van der Waals surface area contributed by atoms with Crippen LogP contribution in [0.25, 0.3) is 0 Å². The molecule has 0 bridgehead atoms. The lowest BCUT2D eigenvalue weighted by Gasteiger charge is -2.02. The van der Waals surface area contributed by atoms with Crippen molar-refractivity contribution in [2.75, 3.05) is 13.8 Å². The van der Waals surface area contributed by atoms with Crippen molar-refractivity contribution < 1.29 is 9.84 Å². The van der Waals surface area contributed by atoms with Crippen molar-refractivity contribution in [3.05, 3.63) is 23.9 Å². The molecule has 0 aromatic carbocycles. The van der Waals surface area contributed by atoms with E-state index in [0.717, 1.165) is 5.69 Å². The molecule has 0 fully saturated rings. The van der Waals surface area contributed by atoms with Crippen LogP contribution in [0.1, 0.15) is 5.69 Å². The number of pyridine rings is 1. The number of hydrogen-bond donors (Lipinski definition) is 2. The molecule has 0 unspecified atom stereocenters. The SMILES string of the molecule is COc1cccc(CNCO)n1. The molecule has 1 aromatic heterocycles. The van der Waals surface area contributed by atoms with E-state index in [2.05, 4.69) is 10.3 Å². The number of nitrogens with one attached hydrogen (secondary N) is 1. The van der Waals surface area contributed by atoms with Gasteiger partial charge in [-0.2, -0.15) is 0 Å². The number of methoxy groups -OCH3 is 1. The van der Waals surface area contributed by atoms with E-state index in [9.17, 15) is 0 Å². The Balaban J connectivity index is 2.60. The van der Waals surface area contributed by atoms with E-state index in [4.69, 9.17) is 9.84 Å². The molecule has 0 saturated carbocycles. The van der Waals surface area contributed by atoms with Gasteiger partial charge < -0.3 is 9.84 Å². The molecule has 0 atom stereocenters. The van der Waals surface area contributed by atoms with Gasteiger partial charge in [0.2, 0.25) is 5.88 Å². The van der Waals surface area contributed by atoms with Crippen LogP contribution in [0.3, 0.4) is 0 Å². The number of aromatic nitrogens is 1. The van der Waals surface area contributed by atoms with Gasteiger partial charge >= 0.3 is 0 Å². The molecule has 0 aliphatic carbocycles. The lowest BCUT2D eigenvalue weighted by Crippen LogP contribution is -2.14. The van der Waals surface area contributed by atoms with Crippen LogP contribution in [0, 0.1) is 0 Å². The minimum absolute atomic E-state index is 0.0428. The van der Waals surface area contributed by atoms with Gasteiger partial charge in [0.25, 0.3) is 0 Å². The largest absolute Gasteiger partial charge is 0.481 e. The molecule has 4 heteroatoms. The molecule has 1 aromatic rings. The Morgan fingerprint density at radius 1 is 1.58 bits per heavy atom. The molecule has 0 aliphatic heterocycles. The normalized spacial score (nSPS) is 9.83. The Bertz CT molecular complexity index is 240. The maximum Gasteiger partial charge on any atom is 0.213 e. The smallest absolute Gasteiger partial charge is 0.213 e. The highest BCUT2D eigenvalue weighted by Crippen LogP contribution is 2.05. The Labute approximate surface area is 71.2 Å². The molecular formula is C8H12N2O2. The van der Waals surface area contributed by atoms with E-state index >= 15 is 0 Å². The van der Waals surface area contributed by atoms with E-state index in [-0.39, 0.29) is 6.73 Å². The average molecular weight is 168 g/mol. The quantitative estimate of drug-likeness (QED) is 0.627. The summed E-state index contributed by atoms with van der Waals surface area (Å²) < 4.78 is 4.93. The van der Waals surface area contributed by atoms with Gasteiger partial charge in [-0.3, -0.25) is 5.32 Å². The van der Waals surface area contributed by atoms with Crippen LogP contribution in [0.2, 0.25) is 0 Å². The molecule has 0 amide bonds. The summed E-state index contributed by atoms with van der Waals surface area (Å²) in [5.41, 5.74) is 0.850. The van der Waals surface area contributed by atoms with Gasteiger partial charge in [0.1, 0.15) is 0 Å². The Kier molecular flexibility index (Phi) is 3.50. The molecule has 4 nitrogen and oxygen atoms in total. The second-order valence-electron chi connectivity index (χ2n) is 2.26. The van der Waals surface area contributed by atoms with Crippen molar-refractivity contribution >= 4 is 0 Å². The van der Waals surface area contributed by atoms with E-state index in [1.165, 1.54) is 0 Å². The first kappa shape index (κ1) is 8.96. The number of nitrogens with zero attached hydrogens (tertiary/aromatic N) is 1. The summed E-state index contributed by atoms with van der Waals surface area (Å²) in [6, 6.07) is 5.51. The van der Waals surface area contributed by atoms with E-state index in [1.807, 2.05) is 12.1 Å². The number of hydrogen-bond acceptors (Lipinski definition) is 4. The highest BCUT2D eigenvalue weighted by atomic mass is 16.5. The second kappa shape index (κ2) is 4.69. The average Bonchev–Trinajstić information content (AvgIpc) is 2.15. The highest BCUT2D eigenvalue weighted by molar-refractivity contribution is 5.15. The van der Waals surface area contributed by atoms with Crippen LogP contribution >= 0.6 is 0 Å². The fraction of sp³-hybridized carbons (Fsp3) is 0.375. The lowest BCUT2D eigenvalue weighted by atomic mass is 10.3. The zero-order chi connectivity index (χ0) is 8.81. The third kappa shape index (κ3) is 2.48. The standard InChI is InChI=1S/C8H12N2O2/c1-12-8-4-2-3-7(10-8)5-9-6-11/h2-4,9,11H,5-6H2,1H3. The van der Waals surface area contributed by atoms with E-state index < -0.39 is 0 Å². The third-order valence-electron chi connectivity index (χ3n) is 1.41. The van der Waals surface area contributed by atoms with Crippen LogP contribution in [0.15, 0.2) is 18.2 Å². The first-order chi connectivity index (χ1) is 5.86. The minimum atomic E-state index is -0.0428. The van der Waals surface area contributed by atoms with Gasteiger partial charge in [-0.25, -0.2) is 4.98 Å². The summed E-state index contributed by atoms with van der Waals surface area (Å²) in [6.45, 7) is 0.507. The highest BCUT2D eigenvalue weighted by Gasteiger charge is 1.95. The summed E-state index contributed by atoms with van der Waals surface area (Å²) in [6.07, 6.45) is 0. The number of ether oxygens (including phenoxy) is 1. The molecule has 66 valence electrons. The van der Waals surface area contributed by atoms with E-state index in [0.29, 0.717) is 12.4 Å². The van der Waals surface area contributed by atoms with Crippen LogP contribution in [0.5, 0.6) is 5.88 Å². The zero-order valence-electron chi connectivity index (χ0n) is 6.95. The third-order valence-corrected chi connectivity index (χ3v) is 1.41. The summed E-state index contributed by atoms with van der Waals surface area (Å²) in [4.78, 5) is 4.13. The van der Waals surface area contributed by atoms with Gasteiger partial charge in [0.15, 0.2) is 0 Å². The fourth-order valence-corrected chi connectivity index (χ4v) is 0.854. The topological polar surface area (TPSA) is 54.4 Å². The van der Waals surface area contributed by atoms with Crippen LogP contribution < -0.4 is 10.1 Å².